The fourth-order valence-electron chi connectivity index (χ4n) is 9.49. The maximum atomic E-state index is 6.57. The molecule has 0 saturated heterocycles. The number of furan rings is 1. The minimum absolute atomic E-state index is 0.109. The molecule has 10 aromatic rings. The van der Waals surface area contributed by atoms with Crippen LogP contribution in [0.2, 0.25) is 0 Å². The predicted molar refractivity (Wildman–Crippen MR) is 248 cm³/mol. The maximum Gasteiger partial charge on any atom is 0.143 e. The third-order valence-electron chi connectivity index (χ3n) is 12.3. The summed E-state index contributed by atoms with van der Waals surface area (Å²) in [6.45, 7) is 4.71. The van der Waals surface area contributed by atoms with Crippen LogP contribution in [-0.4, -0.2) is 0 Å². The minimum Gasteiger partial charge on any atom is -0.455 e. The number of hydrogen-bond donors (Lipinski definition) is 0. The van der Waals surface area contributed by atoms with E-state index in [9.17, 15) is 0 Å². The summed E-state index contributed by atoms with van der Waals surface area (Å²) >= 11 is 0. The average molecular weight is 756 g/mol. The number of hydrogen-bond acceptors (Lipinski definition) is 2. The molecule has 0 N–H and O–H groups in total. The largest absolute Gasteiger partial charge is 0.455 e. The summed E-state index contributed by atoms with van der Waals surface area (Å²) in [4.78, 5) is 2.43. The van der Waals surface area contributed by atoms with E-state index < -0.39 is 0 Å². The molecule has 0 bridgehead atoms. The Morgan fingerprint density at radius 1 is 0.373 bits per heavy atom. The summed E-state index contributed by atoms with van der Waals surface area (Å²) < 4.78 is 6.57. The first-order chi connectivity index (χ1) is 29.0. The molecule has 1 aliphatic rings. The highest BCUT2D eigenvalue weighted by Gasteiger charge is 2.37. The van der Waals surface area contributed by atoms with Gasteiger partial charge in [0.25, 0.3) is 0 Å². The molecule has 9 aromatic carbocycles. The Bertz CT molecular complexity index is 3170. The van der Waals surface area contributed by atoms with Crippen molar-refractivity contribution in [2.75, 3.05) is 4.90 Å². The van der Waals surface area contributed by atoms with E-state index in [1.165, 1.54) is 50.1 Å². The van der Waals surface area contributed by atoms with Gasteiger partial charge in [-0.15, -0.1) is 0 Å². The Kier molecular flexibility index (Phi) is 8.20. The van der Waals surface area contributed by atoms with Crippen LogP contribution in [0.15, 0.2) is 217 Å². The first kappa shape index (κ1) is 34.8. The van der Waals surface area contributed by atoms with Gasteiger partial charge in [0.2, 0.25) is 0 Å². The van der Waals surface area contributed by atoms with Crippen molar-refractivity contribution in [3.05, 3.63) is 223 Å². The van der Waals surface area contributed by atoms with E-state index in [1.807, 2.05) is 6.07 Å². The van der Waals surface area contributed by atoms with Gasteiger partial charge < -0.3 is 9.32 Å². The molecule has 0 atom stereocenters. The van der Waals surface area contributed by atoms with Gasteiger partial charge in [0.1, 0.15) is 11.2 Å². The number of nitrogens with zero attached hydrogens (tertiary/aromatic N) is 1. The van der Waals surface area contributed by atoms with Crippen molar-refractivity contribution in [1.29, 1.82) is 0 Å². The van der Waals surface area contributed by atoms with Crippen LogP contribution in [-0.2, 0) is 5.41 Å². The molecule has 0 fully saturated rings. The molecular formula is C57H41NO. The van der Waals surface area contributed by atoms with Crippen LogP contribution in [0.3, 0.4) is 0 Å². The van der Waals surface area contributed by atoms with E-state index >= 15 is 0 Å². The van der Waals surface area contributed by atoms with Gasteiger partial charge in [-0.1, -0.05) is 190 Å². The zero-order valence-corrected chi connectivity index (χ0v) is 33.1. The van der Waals surface area contributed by atoms with Crippen molar-refractivity contribution in [2.24, 2.45) is 0 Å². The second-order valence-electron chi connectivity index (χ2n) is 16.0. The van der Waals surface area contributed by atoms with Gasteiger partial charge in [-0.05, 0) is 92.0 Å². The summed E-state index contributed by atoms with van der Waals surface area (Å²) in [5.74, 6) is 0. The number of para-hydroxylation sites is 2. The van der Waals surface area contributed by atoms with Crippen molar-refractivity contribution < 1.29 is 4.42 Å². The van der Waals surface area contributed by atoms with Gasteiger partial charge in [-0.3, -0.25) is 0 Å². The molecule has 0 unspecified atom stereocenters. The highest BCUT2D eigenvalue weighted by atomic mass is 16.3. The molecule has 280 valence electrons. The Balaban J connectivity index is 1.16. The van der Waals surface area contributed by atoms with E-state index in [0.717, 1.165) is 55.7 Å². The van der Waals surface area contributed by atoms with Gasteiger partial charge >= 0.3 is 0 Å². The Labute approximate surface area is 345 Å². The molecule has 59 heavy (non-hydrogen) atoms. The molecule has 2 nitrogen and oxygen atoms in total. The first-order valence-corrected chi connectivity index (χ1v) is 20.4. The monoisotopic (exact) mass is 755 g/mol. The average Bonchev–Trinajstić information content (AvgIpc) is 3.79. The zero-order valence-electron chi connectivity index (χ0n) is 33.1. The number of anilines is 3. The normalized spacial score (nSPS) is 12.7. The third-order valence-corrected chi connectivity index (χ3v) is 12.3. The SMILES string of the molecule is CC1(C)c2ccccc2-c2c(-c3cccc(N(c4ccc(-c5ccccc5)cc4)c4cccc(-c5cccc6c5oc5ccccc56)c4)c3-c3ccccc3)cccc21. The van der Waals surface area contributed by atoms with Crippen molar-refractivity contribution in [3.63, 3.8) is 0 Å². The van der Waals surface area contributed by atoms with E-state index in [0.29, 0.717) is 0 Å². The van der Waals surface area contributed by atoms with Crippen molar-refractivity contribution in [1.82, 2.24) is 0 Å². The number of rotatable bonds is 7. The lowest BCUT2D eigenvalue weighted by molar-refractivity contribution is 0.660. The van der Waals surface area contributed by atoms with Crippen LogP contribution in [0.4, 0.5) is 17.1 Å². The van der Waals surface area contributed by atoms with Crippen LogP contribution in [0.5, 0.6) is 0 Å². The van der Waals surface area contributed by atoms with Crippen molar-refractivity contribution in [3.8, 4) is 55.6 Å². The van der Waals surface area contributed by atoms with Gasteiger partial charge in [0.15, 0.2) is 0 Å². The van der Waals surface area contributed by atoms with E-state index in [-0.39, 0.29) is 5.41 Å². The second kappa shape index (κ2) is 13.9. The molecule has 0 aliphatic heterocycles. The summed E-state index contributed by atoms with van der Waals surface area (Å²) in [6, 6.07) is 76.8. The lowest BCUT2D eigenvalue weighted by atomic mass is 9.81. The Hall–Kier alpha value is -7.42. The van der Waals surface area contributed by atoms with Crippen LogP contribution in [0.25, 0.3) is 77.6 Å². The summed E-state index contributed by atoms with van der Waals surface area (Å²) in [7, 11) is 0. The molecule has 0 radical (unpaired) electrons. The second-order valence-corrected chi connectivity index (χ2v) is 16.0. The Morgan fingerprint density at radius 3 is 1.75 bits per heavy atom. The van der Waals surface area contributed by atoms with Gasteiger partial charge in [0.05, 0.1) is 5.69 Å². The van der Waals surface area contributed by atoms with E-state index in [1.54, 1.807) is 0 Å². The van der Waals surface area contributed by atoms with Crippen molar-refractivity contribution in [2.45, 2.75) is 19.3 Å². The topological polar surface area (TPSA) is 16.4 Å². The molecular weight excluding hydrogens is 715 g/mol. The molecule has 1 heterocycles. The quantitative estimate of drug-likeness (QED) is 0.161. The predicted octanol–water partition coefficient (Wildman–Crippen LogP) is 16.0. The summed E-state index contributed by atoms with van der Waals surface area (Å²) in [5, 5.41) is 2.25. The number of fused-ring (bicyclic) bond motifs is 6. The van der Waals surface area contributed by atoms with Crippen molar-refractivity contribution >= 4 is 39.0 Å². The summed E-state index contributed by atoms with van der Waals surface area (Å²) in [6.07, 6.45) is 0. The van der Waals surface area contributed by atoms with Gasteiger partial charge in [-0.2, -0.15) is 0 Å². The van der Waals surface area contributed by atoms with E-state index in [4.69, 9.17) is 4.42 Å². The lowest BCUT2D eigenvalue weighted by Crippen LogP contribution is -2.14. The molecule has 0 saturated carbocycles. The molecule has 2 heteroatoms. The highest BCUT2D eigenvalue weighted by Crippen LogP contribution is 2.54. The maximum absolute atomic E-state index is 6.57. The van der Waals surface area contributed by atoms with Gasteiger partial charge in [0, 0.05) is 38.7 Å². The standard InChI is InChI=1S/C57H41NO/c1-57(2)50-29-11-9-24-49(50)55-47(26-15-30-51(55)57)46-27-16-31-52(54(46)40-19-7-4-8-20-40)58(42-35-33-39(34-36-42)38-17-5-3-6-18-38)43-22-13-21-41(37-43)44-25-14-28-48-45-23-10-12-32-53(45)59-56(44)48/h3-37H,1-2H3. The van der Waals surface area contributed by atoms with Crippen LogP contribution in [0, 0.1) is 0 Å². The van der Waals surface area contributed by atoms with Crippen LogP contribution in [0.1, 0.15) is 25.0 Å². The zero-order chi connectivity index (χ0) is 39.5. The Morgan fingerprint density at radius 2 is 0.932 bits per heavy atom. The van der Waals surface area contributed by atoms with E-state index in [2.05, 4.69) is 225 Å². The van der Waals surface area contributed by atoms with Gasteiger partial charge in [-0.25, -0.2) is 0 Å². The highest BCUT2D eigenvalue weighted by molar-refractivity contribution is 6.10. The van der Waals surface area contributed by atoms with Crippen LogP contribution < -0.4 is 4.90 Å². The third kappa shape index (κ3) is 5.71. The molecule has 1 aliphatic carbocycles. The first-order valence-electron chi connectivity index (χ1n) is 20.4. The minimum atomic E-state index is -0.109. The fourth-order valence-corrected chi connectivity index (χ4v) is 9.49. The number of benzene rings is 9. The molecule has 1 aromatic heterocycles. The molecule has 11 rings (SSSR count). The molecule has 0 spiro atoms. The molecule has 0 amide bonds. The smallest absolute Gasteiger partial charge is 0.143 e. The summed E-state index contributed by atoms with van der Waals surface area (Å²) in [5.41, 5.74) is 19.6. The van der Waals surface area contributed by atoms with Crippen LogP contribution >= 0.6 is 0 Å². The fraction of sp³-hybridized carbons (Fsp3) is 0.0526. The lowest BCUT2D eigenvalue weighted by Gasteiger charge is -2.30.